The van der Waals surface area contributed by atoms with Gasteiger partial charge < -0.3 is 15.6 Å². The Bertz CT molecular complexity index is 1050. The van der Waals surface area contributed by atoms with Gasteiger partial charge in [-0.15, -0.1) is 0 Å². The van der Waals surface area contributed by atoms with Crippen LogP contribution >= 0.6 is 11.6 Å². The molecule has 8 heteroatoms. The van der Waals surface area contributed by atoms with Crippen LogP contribution in [-0.2, 0) is 9.59 Å². The van der Waals surface area contributed by atoms with E-state index in [2.05, 4.69) is 5.32 Å². The van der Waals surface area contributed by atoms with Crippen LogP contribution in [0.1, 0.15) is 36.8 Å². The van der Waals surface area contributed by atoms with Crippen molar-refractivity contribution in [1.29, 1.82) is 5.41 Å². The monoisotopic (exact) mass is 426 g/mol. The van der Waals surface area contributed by atoms with Gasteiger partial charge in [-0.25, -0.2) is 4.39 Å². The Kier molecular flexibility index (Phi) is 5.39. The molecule has 2 N–H and O–H groups in total. The molecule has 2 aromatic carbocycles. The van der Waals surface area contributed by atoms with Gasteiger partial charge >= 0.3 is 0 Å². The molecule has 30 heavy (non-hydrogen) atoms. The quantitative estimate of drug-likeness (QED) is 0.707. The van der Waals surface area contributed by atoms with Gasteiger partial charge in [-0.1, -0.05) is 23.7 Å². The van der Waals surface area contributed by atoms with Crippen LogP contribution in [0.5, 0.6) is 0 Å². The molecule has 2 amide bonds. The molecule has 1 fully saturated rings. The number of carbonyl (C=O) groups is 2. The summed E-state index contributed by atoms with van der Waals surface area (Å²) in [6.07, 6.45) is 4.25. The number of hydrogen-bond acceptors (Lipinski definition) is 4. The maximum absolute atomic E-state index is 13.7. The summed E-state index contributed by atoms with van der Waals surface area (Å²) in [5, 5.41) is 10.5. The lowest BCUT2D eigenvalue weighted by Crippen LogP contribution is -2.48. The molecule has 0 atom stereocenters. The fourth-order valence-electron chi connectivity index (χ4n) is 4.08. The van der Waals surface area contributed by atoms with Gasteiger partial charge in [0.15, 0.2) is 0 Å². The van der Waals surface area contributed by atoms with Gasteiger partial charge in [-0.3, -0.25) is 14.6 Å². The number of benzene rings is 2. The lowest BCUT2D eigenvalue weighted by Gasteiger charge is -2.32. The number of rotatable bonds is 5. The summed E-state index contributed by atoms with van der Waals surface area (Å²) in [6.45, 7) is -0.185. The molecule has 2 aliphatic rings. The molecule has 1 saturated carbocycles. The Morgan fingerprint density at radius 2 is 1.93 bits per heavy atom. The molecule has 1 spiro atoms. The first-order valence-electron chi connectivity index (χ1n) is 9.69. The summed E-state index contributed by atoms with van der Waals surface area (Å²) in [5.74, 6) is -1.29. The zero-order chi connectivity index (χ0) is 21.3. The third kappa shape index (κ3) is 3.85. The highest BCUT2D eigenvalue weighted by Gasteiger charge is 2.49. The van der Waals surface area contributed by atoms with Gasteiger partial charge in [-0.2, -0.15) is 0 Å². The first-order chi connectivity index (χ1) is 14.4. The smallest absolute Gasteiger partial charge is 0.275 e. The summed E-state index contributed by atoms with van der Waals surface area (Å²) >= 11 is 5.95. The second-order valence-electron chi connectivity index (χ2n) is 7.51. The highest BCUT2D eigenvalue weighted by Crippen LogP contribution is 2.41. The van der Waals surface area contributed by atoms with Gasteiger partial charge in [-0.05, 0) is 61.6 Å². The molecule has 4 rings (SSSR count). The second-order valence-corrected chi connectivity index (χ2v) is 7.95. The average Bonchev–Trinajstić information content (AvgIpc) is 3.29. The van der Waals surface area contributed by atoms with Crippen LogP contribution in [0.4, 0.5) is 10.1 Å². The van der Waals surface area contributed by atoms with Crippen molar-refractivity contribution in [3.63, 3.8) is 0 Å². The zero-order valence-electron chi connectivity index (χ0n) is 16.1. The average molecular weight is 427 g/mol. The molecule has 0 aromatic heterocycles. The molecule has 1 aliphatic carbocycles. The second kappa shape index (κ2) is 7.99. The van der Waals surface area contributed by atoms with Crippen molar-refractivity contribution >= 4 is 41.0 Å². The number of carbonyl (C=O) groups excluding carboxylic acids is 2. The predicted molar refractivity (Wildman–Crippen MR) is 114 cm³/mol. The normalized spacial score (nSPS) is 17.3. The lowest BCUT2D eigenvalue weighted by atomic mass is 10.1. The lowest BCUT2D eigenvalue weighted by molar-refractivity contribution is -0.132. The third-order valence-electron chi connectivity index (χ3n) is 5.46. The zero-order valence-corrected chi connectivity index (χ0v) is 16.9. The van der Waals surface area contributed by atoms with Gasteiger partial charge in [0.2, 0.25) is 5.91 Å². The van der Waals surface area contributed by atoms with Gasteiger partial charge in [0.25, 0.3) is 5.91 Å². The summed E-state index contributed by atoms with van der Waals surface area (Å²) in [5.41, 5.74) is 0.857. The number of amides is 2. The standard InChI is InChI=1S/C22H20ClFN4O2/c23-16-5-3-15(4-6-16)20-21(30)28(22(27-20)7-1-2-8-22)13-19(29)26-18-10-14(12-25)9-17(24)11-18/h3-6,9-12,25H,1-2,7-8,13H2,(H,26,29). The van der Waals surface area contributed by atoms with Crippen molar-refractivity contribution in [2.24, 2.45) is 4.99 Å². The third-order valence-corrected chi connectivity index (χ3v) is 5.72. The minimum atomic E-state index is -0.717. The maximum Gasteiger partial charge on any atom is 0.275 e. The predicted octanol–water partition coefficient (Wildman–Crippen LogP) is 4.02. The van der Waals surface area contributed by atoms with E-state index in [0.717, 1.165) is 19.1 Å². The van der Waals surface area contributed by atoms with E-state index in [9.17, 15) is 14.0 Å². The summed E-state index contributed by atoms with van der Waals surface area (Å²) < 4.78 is 13.7. The van der Waals surface area contributed by atoms with E-state index in [1.807, 2.05) is 0 Å². The molecule has 0 bridgehead atoms. The SMILES string of the molecule is N=Cc1cc(F)cc(NC(=O)CN2C(=O)C(c3ccc(Cl)cc3)=NC23CCCC3)c1. The molecule has 1 heterocycles. The number of nitrogens with zero attached hydrogens (tertiary/aromatic N) is 2. The first kappa shape index (κ1) is 20.2. The Morgan fingerprint density at radius 3 is 2.60 bits per heavy atom. The largest absolute Gasteiger partial charge is 0.324 e. The van der Waals surface area contributed by atoms with Crippen LogP contribution in [0.25, 0.3) is 0 Å². The van der Waals surface area contributed by atoms with Crippen LogP contribution in [0.2, 0.25) is 5.02 Å². The van der Waals surface area contributed by atoms with Crippen LogP contribution in [0, 0.1) is 11.2 Å². The molecule has 0 saturated heterocycles. The minimum Gasteiger partial charge on any atom is -0.324 e. The van der Waals surface area contributed by atoms with Crippen molar-refractivity contribution in [2.75, 3.05) is 11.9 Å². The Labute approximate surface area is 178 Å². The fourth-order valence-corrected chi connectivity index (χ4v) is 4.21. The summed E-state index contributed by atoms with van der Waals surface area (Å²) in [6, 6.07) is 10.8. The maximum atomic E-state index is 13.7. The molecular formula is C22H20ClFN4O2. The van der Waals surface area contributed by atoms with Gasteiger partial charge in [0.1, 0.15) is 23.7 Å². The van der Waals surface area contributed by atoms with E-state index in [1.54, 1.807) is 24.3 Å². The van der Waals surface area contributed by atoms with Crippen molar-refractivity contribution in [3.05, 3.63) is 64.4 Å². The number of nitrogens with one attached hydrogen (secondary N) is 2. The van der Waals surface area contributed by atoms with Crippen molar-refractivity contribution in [2.45, 2.75) is 31.3 Å². The fraction of sp³-hybridized carbons (Fsp3) is 0.273. The summed E-state index contributed by atoms with van der Waals surface area (Å²) in [7, 11) is 0. The summed E-state index contributed by atoms with van der Waals surface area (Å²) in [4.78, 5) is 32.2. The van der Waals surface area contributed by atoms with Crippen LogP contribution in [0.3, 0.4) is 0 Å². The van der Waals surface area contributed by atoms with Crippen molar-refractivity contribution < 1.29 is 14.0 Å². The molecule has 2 aromatic rings. The van der Waals surface area contributed by atoms with E-state index >= 15 is 0 Å². The highest BCUT2D eigenvalue weighted by molar-refractivity contribution is 6.47. The molecule has 0 radical (unpaired) electrons. The Morgan fingerprint density at radius 1 is 1.23 bits per heavy atom. The topological polar surface area (TPSA) is 85.6 Å². The first-order valence-corrected chi connectivity index (χ1v) is 10.1. The van der Waals surface area contributed by atoms with E-state index < -0.39 is 17.4 Å². The van der Waals surface area contributed by atoms with Crippen molar-refractivity contribution in [3.8, 4) is 0 Å². The number of aliphatic imine (C=N–C) groups is 1. The van der Waals surface area contributed by atoms with Crippen LogP contribution in [0.15, 0.2) is 47.5 Å². The van der Waals surface area contributed by atoms with E-state index in [-0.39, 0.29) is 18.1 Å². The van der Waals surface area contributed by atoms with E-state index in [4.69, 9.17) is 22.0 Å². The van der Waals surface area contributed by atoms with Gasteiger partial charge in [0, 0.05) is 22.5 Å². The van der Waals surface area contributed by atoms with Crippen LogP contribution < -0.4 is 5.32 Å². The van der Waals surface area contributed by atoms with Gasteiger partial charge in [0.05, 0.1) is 0 Å². The number of hydrogen-bond donors (Lipinski definition) is 2. The Hall–Kier alpha value is -3.06. The van der Waals surface area contributed by atoms with Crippen molar-refractivity contribution in [1.82, 2.24) is 4.90 Å². The molecule has 0 unspecified atom stereocenters. The molecule has 6 nitrogen and oxygen atoms in total. The van der Waals surface area contributed by atoms with E-state index in [1.165, 1.54) is 23.1 Å². The van der Waals surface area contributed by atoms with Crippen LogP contribution in [-0.4, -0.2) is 40.8 Å². The molecular weight excluding hydrogens is 407 g/mol. The highest BCUT2D eigenvalue weighted by atomic mass is 35.5. The molecule has 154 valence electrons. The van der Waals surface area contributed by atoms with E-state index in [0.29, 0.717) is 34.7 Å². The molecule has 1 aliphatic heterocycles. The minimum absolute atomic E-state index is 0.185. The Balaban J connectivity index is 1.56. The number of halogens is 2. The number of anilines is 1.